The molecule has 0 amide bonds. The number of nitrogens with zero attached hydrogens (tertiary/aromatic N) is 2. The summed E-state index contributed by atoms with van der Waals surface area (Å²) in [5.74, 6) is 0.574. The summed E-state index contributed by atoms with van der Waals surface area (Å²) in [6.45, 7) is 7.13. The molecule has 3 nitrogen and oxygen atoms in total. The standard InChI is InChI=1S/C12H20N2O/c1-4-7-15-12-13-8-11(9-14-12)10(5-2)6-3/h8-10H,4-7H2,1-3H3. The minimum Gasteiger partial charge on any atom is -0.463 e. The van der Waals surface area contributed by atoms with Crippen molar-refractivity contribution in [3.8, 4) is 6.01 Å². The van der Waals surface area contributed by atoms with E-state index >= 15 is 0 Å². The van der Waals surface area contributed by atoms with Crippen LogP contribution in [0.2, 0.25) is 0 Å². The van der Waals surface area contributed by atoms with Crippen LogP contribution in [-0.4, -0.2) is 16.6 Å². The van der Waals surface area contributed by atoms with E-state index in [2.05, 4.69) is 30.7 Å². The summed E-state index contributed by atoms with van der Waals surface area (Å²) in [6, 6.07) is 0.492. The van der Waals surface area contributed by atoms with E-state index in [4.69, 9.17) is 4.74 Å². The molecule has 0 aliphatic carbocycles. The molecule has 3 heteroatoms. The molecule has 15 heavy (non-hydrogen) atoms. The molecule has 0 saturated heterocycles. The first-order valence-corrected chi connectivity index (χ1v) is 5.76. The molecule has 0 radical (unpaired) electrons. The quantitative estimate of drug-likeness (QED) is 0.720. The molecule has 0 fully saturated rings. The van der Waals surface area contributed by atoms with Gasteiger partial charge in [-0.05, 0) is 30.7 Å². The Morgan fingerprint density at radius 1 is 1.13 bits per heavy atom. The van der Waals surface area contributed by atoms with Gasteiger partial charge in [-0.25, -0.2) is 9.97 Å². The molecular formula is C12H20N2O. The van der Waals surface area contributed by atoms with Gasteiger partial charge in [-0.15, -0.1) is 0 Å². The van der Waals surface area contributed by atoms with Crippen LogP contribution in [-0.2, 0) is 0 Å². The predicted molar refractivity (Wildman–Crippen MR) is 61.1 cm³/mol. The van der Waals surface area contributed by atoms with Crippen molar-refractivity contribution in [2.75, 3.05) is 6.61 Å². The van der Waals surface area contributed by atoms with Gasteiger partial charge in [0.25, 0.3) is 0 Å². The Kier molecular flexibility index (Phi) is 5.08. The highest BCUT2D eigenvalue weighted by Crippen LogP contribution is 2.21. The third kappa shape index (κ3) is 3.50. The summed E-state index contributed by atoms with van der Waals surface area (Å²) in [7, 11) is 0. The summed E-state index contributed by atoms with van der Waals surface area (Å²) in [4.78, 5) is 8.40. The van der Waals surface area contributed by atoms with E-state index in [1.807, 2.05) is 12.4 Å². The van der Waals surface area contributed by atoms with Crippen molar-refractivity contribution >= 4 is 0 Å². The molecule has 1 aromatic rings. The molecule has 0 unspecified atom stereocenters. The van der Waals surface area contributed by atoms with Crippen molar-refractivity contribution in [1.29, 1.82) is 0 Å². The molecule has 0 aliphatic heterocycles. The highest BCUT2D eigenvalue weighted by molar-refractivity contribution is 5.12. The third-order valence-corrected chi connectivity index (χ3v) is 2.54. The zero-order valence-corrected chi connectivity index (χ0v) is 9.86. The van der Waals surface area contributed by atoms with E-state index in [0.717, 1.165) is 19.3 Å². The van der Waals surface area contributed by atoms with E-state index in [1.165, 1.54) is 5.56 Å². The first-order chi connectivity index (χ1) is 7.31. The topological polar surface area (TPSA) is 35.0 Å². The molecule has 0 bridgehead atoms. The summed E-state index contributed by atoms with van der Waals surface area (Å²) in [5, 5.41) is 0. The zero-order valence-electron chi connectivity index (χ0n) is 9.86. The fourth-order valence-corrected chi connectivity index (χ4v) is 1.56. The van der Waals surface area contributed by atoms with Gasteiger partial charge in [-0.2, -0.15) is 0 Å². The van der Waals surface area contributed by atoms with Crippen LogP contribution in [0, 0.1) is 0 Å². The van der Waals surface area contributed by atoms with Crippen LogP contribution >= 0.6 is 0 Å². The zero-order chi connectivity index (χ0) is 11.1. The average molecular weight is 208 g/mol. The van der Waals surface area contributed by atoms with Gasteiger partial charge >= 0.3 is 6.01 Å². The fraction of sp³-hybridized carbons (Fsp3) is 0.667. The predicted octanol–water partition coefficient (Wildman–Crippen LogP) is 3.17. The number of ether oxygens (including phenoxy) is 1. The fourth-order valence-electron chi connectivity index (χ4n) is 1.56. The lowest BCUT2D eigenvalue weighted by molar-refractivity contribution is 0.291. The summed E-state index contributed by atoms with van der Waals surface area (Å²) >= 11 is 0. The van der Waals surface area contributed by atoms with E-state index in [-0.39, 0.29) is 0 Å². The van der Waals surface area contributed by atoms with E-state index in [1.54, 1.807) is 0 Å². The van der Waals surface area contributed by atoms with Crippen molar-refractivity contribution in [1.82, 2.24) is 9.97 Å². The SMILES string of the molecule is CCCOc1ncc(C(CC)CC)cn1. The summed E-state index contributed by atoms with van der Waals surface area (Å²) < 4.78 is 5.33. The first-order valence-electron chi connectivity index (χ1n) is 5.76. The molecule has 0 aliphatic rings. The van der Waals surface area contributed by atoms with Crippen molar-refractivity contribution in [3.63, 3.8) is 0 Å². The van der Waals surface area contributed by atoms with Gasteiger partial charge in [-0.1, -0.05) is 20.8 Å². The van der Waals surface area contributed by atoms with Gasteiger partial charge < -0.3 is 4.74 Å². The Morgan fingerprint density at radius 2 is 1.73 bits per heavy atom. The maximum absolute atomic E-state index is 5.33. The molecule has 0 atom stereocenters. The van der Waals surface area contributed by atoms with Gasteiger partial charge in [0.15, 0.2) is 0 Å². The van der Waals surface area contributed by atoms with Gasteiger partial charge in [0.05, 0.1) is 6.61 Å². The molecule has 0 spiro atoms. The smallest absolute Gasteiger partial charge is 0.316 e. The second-order valence-electron chi connectivity index (χ2n) is 3.66. The summed E-state index contributed by atoms with van der Waals surface area (Å²) in [6.07, 6.45) is 7.02. The Hall–Kier alpha value is -1.12. The Morgan fingerprint density at radius 3 is 2.20 bits per heavy atom. The molecule has 0 aromatic carbocycles. The monoisotopic (exact) mass is 208 g/mol. The van der Waals surface area contributed by atoms with Gasteiger partial charge in [0.2, 0.25) is 0 Å². The van der Waals surface area contributed by atoms with Gasteiger partial charge in [0, 0.05) is 12.4 Å². The molecule has 1 heterocycles. The second-order valence-corrected chi connectivity index (χ2v) is 3.66. The molecule has 84 valence electrons. The summed E-state index contributed by atoms with van der Waals surface area (Å²) in [5.41, 5.74) is 1.21. The maximum Gasteiger partial charge on any atom is 0.316 e. The largest absolute Gasteiger partial charge is 0.463 e. The average Bonchev–Trinajstić information content (AvgIpc) is 2.29. The van der Waals surface area contributed by atoms with Crippen molar-refractivity contribution in [2.24, 2.45) is 0 Å². The van der Waals surface area contributed by atoms with Crippen LogP contribution in [0.1, 0.15) is 51.5 Å². The Balaban J connectivity index is 2.62. The van der Waals surface area contributed by atoms with Crippen molar-refractivity contribution in [3.05, 3.63) is 18.0 Å². The lowest BCUT2D eigenvalue weighted by Crippen LogP contribution is -2.02. The minimum atomic E-state index is 0.492. The number of hydrogen-bond acceptors (Lipinski definition) is 3. The highest BCUT2D eigenvalue weighted by atomic mass is 16.5. The molecule has 0 saturated carbocycles. The van der Waals surface area contributed by atoms with Crippen LogP contribution in [0.5, 0.6) is 6.01 Å². The molecule has 1 aromatic heterocycles. The maximum atomic E-state index is 5.33. The third-order valence-electron chi connectivity index (χ3n) is 2.54. The number of aromatic nitrogens is 2. The van der Waals surface area contributed by atoms with E-state index in [9.17, 15) is 0 Å². The van der Waals surface area contributed by atoms with Crippen molar-refractivity contribution < 1.29 is 4.74 Å². The van der Waals surface area contributed by atoms with E-state index < -0.39 is 0 Å². The number of hydrogen-bond donors (Lipinski definition) is 0. The van der Waals surface area contributed by atoms with Gasteiger partial charge in [-0.3, -0.25) is 0 Å². The first kappa shape index (κ1) is 12.0. The van der Waals surface area contributed by atoms with Crippen LogP contribution in [0.4, 0.5) is 0 Å². The Bertz CT molecular complexity index is 267. The molecule has 0 N–H and O–H groups in total. The van der Waals surface area contributed by atoms with Gasteiger partial charge in [0.1, 0.15) is 0 Å². The van der Waals surface area contributed by atoms with Crippen LogP contribution < -0.4 is 4.74 Å². The van der Waals surface area contributed by atoms with Crippen molar-refractivity contribution in [2.45, 2.75) is 46.0 Å². The lowest BCUT2D eigenvalue weighted by Gasteiger charge is -2.11. The normalized spacial score (nSPS) is 10.7. The van der Waals surface area contributed by atoms with Crippen LogP contribution in [0.25, 0.3) is 0 Å². The number of rotatable bonds is 6. The Labute approximate surface area is 91.9 Å². The van der Waals surface area contributed by atoms with Crippen LogP contribution in [0.3, 0.4) is 0 Å². The highest BCUT2D eigenvalue weighted by Gasteiger charge is 2.07. The molecule has 1 rings (SSSR count). The lowest BCUT2D eigenvalue weighted by atomic mass is 9.97. The second kappa shape index (κ2) is 6.38. The molecular weight excluding hydrogens is 188 g/mol. The van der Waals surface area contributed by atoms with E-state index in [0.29, 0.717) is 18.5 Å². The van der Waals surface area contributed by atoms with Crippen LogP contribution in [0.15, 0.2) is 12.4 Å². The minimum absolute atomic E-state index is 0.492.